The third-order valence-corrected chi connectivity index (χ3v) is 3.51. The second-order valence-electron chi connectivity index (χ2n) is 4.85. The molecule has 0 spiro atoms. The Kier molecular flexibility index (Phi) is 3.27. The monoisotopic (exact) mass is 252 g/mol. The van der Waals surface area contributed by atoms with Gasteiger partial charge >= 0.3 is 0 Å². The molecule has 3 rings (SSSR count). The van der Waals surface area contributed by atoms with E-state index >= 15 is 0 Å². The van der Waals surface area contributed by atoms with Gasteiger partial charge in [0.15, 0.2) is 0 Å². The zero-order valence-corrected chi connectivity index (χ0v) is 10.7. The maximum absolute atomic E-state index is 11.9. The van der Waals surface area contributed by atoms with Gasteiger partial charge in [-0.3, -0.25) is 9.78 Å². The van der Waals surface area contributed by atoms with Crippen molar-refractivity contribution >= 4 is 5.91 Å². The molecule has 1 N–H and O–H groups in total. The Bertz CT molecular complexity index is 593. The van der Waals surface area contributed by atoms with Crippen LogP contribution in [0.25, 0.3) is 0 Å². The van der Waals surface area contributed by atoms with Crippen molar-refractivity contribution in [3.63, 3.8) is 0 Å². The van der Waals surface area contributed by atoms with Gasteiger partial charge in [-0.05, 0) is 48.1 Å². The van der Waals surface area contributed by atoms with Gasteiger partial charge in [0.05, 0.1) is 0 Å². The highest BCUT2D eigenvalue weighted by Gasteiger charge is 2.11. The van der Waals surface area contributed by atoms with Crippen LogP contribution < -0.4 is 5.32 Å². The van der Waals surface area contributed by atoms with Gasteiger partial charge in [-0.1, -0.05) is 24.3 Å². The van der Waals surface area contributed by atoms with Gasteiger partial charge in [0.2, 0.25) is 0 Å². The Morgan fingerprint density at radius 3 is 2.89 bits per heavy atom. The Hall–Kier alpha value is -2.16. The summed E-state index contributed by atoms with van der Waals surface area (Å²) in [5.74, 6) is -0.124. The fraction of sp³-hybridized carbons (Fsp3) is 0.250. The number of amides is 1. The molecule has 1 aromatic carbocycles. The number of fused-ring (bicyclic) bond motifs is 1. The summed E-state index contributed by atoms with van der Waals surface area (Å²) in [5, 5.41) is 2.90. The summed E-state index contributed by atoms with van der Waals surface area (Å²) < 4.78 is 0. The first kappa shape index (κ1) is 11.9. The Morgan fingerprint density at radius 1 is 1.16 bits per heavy atom. The highest BCUT2D eigenvalue weighted by Crippen LogP contribution is 2.22. The average Bonchev–Trinajstić information content (AvgIpc) is 2.93. The normalized spacial score (nSPS) is 13.1. The standard InChI is InChI=1S/C16H16N2O/c19-16(15-6-1-2-9-17-15)18-11-12-7-8-13-4-3-5-14(13)10-12/h1-2,6-10H,3-5,11H2,(H,18,19). The molecule has 1 amide bonds. The molecular weight excluding hydrogens is 236 g/mol. The van der Waals surface area contributed by atoms with Crippen LogP contribution in [0.2, 0.25) is 0 Å². The van der Waals surface area contributed by atoms with Gasteiger partial charge < -0.3 is 5.32 Å². The third kappa shape index (κ3) is 2.65. The molecule has 3 nitrogen and oxygen atoms in total. The molecule has 2 aromatic rings. The zero-order valence-electron chi connectivity index (χ0n) is 10.7. The average molecular weight is 252 g/mol. The second-order valence-corrected chi connectivity index (χ2v) is 4.85. The summed E-state index contributed by atoms with van der Waals surface area (Å²) in [6, 6.07) is 11.8. The number of carbonyl (C=O) groups excluding carboxylic acids is 1. The van der Waals surface area contributed by atoms with E-state index in [9.17, 15) is 4.79 Å². The molecule has 1 aliphatic carbocycles. The predicted octanol–water partition coefficient (Wildman–Crippen LogP) is 2.50. The summed E-state index contributed by atoms with van der Waals surface area (Å²) in [5.41, 5.74) is 4.51. The predicted molar refractivity (Wildman–Crippen MR) is 73.9 cm³/mol. The quantitative estimate of drug-likeness (QED) is 0.912. The smallest absolute Gasteiger partial charge is 0.270 e. The summed E-state index contributed by atoms with van der Waals surface area (Å²) in [6.07, 6.45) is 5.23. The minimum atomic E-state index is -0.124. The zero-order chi connectivity index (χ0) is 13.1. The lowest BCUT2D eigenvalue weighted by Gasteiger charge is -2.07. The minimum Gasteiger partial charge on any atom is -0.347 e. The van der Waals surface area contributed by atoms with Crippen LogP contribution in [0.15, 0.2) is 42.6 Å². The number of aromatic nitrogens is 1. The number of nitrogens with zero attached hydrogens (tertiary/aromatic N) is 1. The first-order valence-electron chi connectivity index (χ1n) is 6.63. The van der Waals surface area contributed by atoms with Crippen LogP contribution in [0.1, 0.15) is 33.6 Å². The van der Waals surface area contributed by atoms with Gasteiger partial charge in [-0.2, -0.15) is 0 Å². The number of hydrogen-bond donors (Lipinski definition) is 1. The van der Waals surface area contributed by atoms with Crippen LogP contribution >= 0.6 is 0 Å². The summed E-state index contributed by atoms with van der Waals surface area (Å²) in [6.45, 7) is 0.558. The van der Waals surface area contributed by atoms with Crippen molar-refractivity contribution in [2.45, 2.75) is 25.8 Å². The van der Waals surface area contributed by atoms with E-state index in [1.807, 2.05) is 6.07 Å². The largest absolute Gasteiger partial charge is 0.347 e. The van der Waals surface area contributed by atoms with E-state index in [1.165, 1.54) is 24.0 Å². The number of rotatable bonds is 3. The van der Waals surface area contributed by atoms with Crippen LogP contribution in [-0.2, 0) is 19.4 Å². The number of pyridine rings is 1. The fourth-order valence-electron chi connectivity index (χ4n) is 2.51. The van der Waals surface area contributed by atoms with E-state index in [0.717, 1.165) is 12.0 Å². The number of aryl methyl sites for hydroxylation is 2. The molecule has 0 saturated carbocycles. The summed E-state index contributed by atoms with van der Waals surface area (Å²) in [4.78, 5) is 15.9. The number of hydrogen-bond acceptors (Lipinski definition) is 2. The van der Waals surface area contributed by atoms with Crippen LogP contribution in [0, 0.1) is 0 Å². The Labute approximate surface area is 112 Å². The molecule has 1 aliphatic rings. The maximum atomic E-state index is 11.9. The molecule has 19 heavy (non-hydrogen) atoms. The van der Waals surface area contributed by atoms with Gasteiger partial charge in [0.1, 0.15) is 5.69 Å². The second kappa shape index (κ2) is 5.22. The lowest BCUT2D eigenvalue weighted by atomic mass is 10.1. The maximum Gasteiger partial charge on any atom is 0.270 e. The molecule has 0 aliphatic heterocycles. The number of nitrogens with one attached hydrogen (secondary N) is 1. The van der Waals surface area contributed by atoms with Crippen LogP contribution in [0.4, 0.5) is 0 Å². The SMILES string of the molecule is O=C(NCc1ccc2c(c1)CCC2)c1ccccn1. The lowest BCUT2D eigenvalue weighted by Crippen LogP contribution is -2.23. The molecule has 3 heteroatoms. The van der Waals surface area contributed by atoms with E-state index < -0.39 is 0 Å². The van der Waals surface area contributed by atoms with E-state index in [-0.39, 0.29) is 5.91 Å². The van der Waals surface area contributed by atoms with Gasteiger partial charge in [0.25, 0.3) is 5.91 Å². The molecule has 96 valence electrons. The van der Waals surface area contributed by atoms with Crippen LogP contribution in [-0.4, -0.2) is 10.9 Å². The molecule has 0 saturated heterocycles. The highest BCUT2D eigenvalue weighted by molar-refractivity contribution is 5.92. The number of carbonyl (C=O) groups is 1. The van der Waals surface area contributed by atoms with Gasteiger partial charge in [-0.15, -0.1) is 0 Å². The topological polar surface area (TPSA) is 42.0 Å². The van der Waals surface area contributed by atoms with E-state index in [2.05, 4.69) is 28.5 Å². The van der Waals surface area contributed by atoms with Crippen molar-refractivity contribution in [1.82, 2.24) is 10.3 Å². The Morgan fingerprint density at radius 2 is 2.05 bits per heavy atom. The van der Waals surface area contributed by atoms with Crippen molar-refractivity contribution in [3.05, 3.63) is 65.0 Å². The molecule has 0 fully saturated rings. The van der Waals surface area contributed by atoms with Crippen molar-refractivity contribution < 1.29 is 4.79 Å². The van der Waals surface area contributed by atoms with E-state index in [4.69, 9.17) is 0 Å². The number of benzene rings is 1. The van der Waals surface area contributed by atoms with Crippen molar-refractivity contribution in [2.75, 3.05) is 0 Å². The molecule has 1 aromatic heterocycles. The van der Waals surface area contributed by atoms with Crippen molar-refractivity contribution in [1.29, 1.82) is 0 Å². The molecule has 1 heterocycles. The Balaban J connectivity index is 1.65. The molecule has 0 unspecified atom stereocenters. The van der Waals surface area contributed by atoms with Gasteiger partial charge in [-0.25, -0.2) is 0 Å². The first-order chi connectivity index (χ1) is 9.33. The molecule has 0 bridgehead atoms. The van der Waals surface area contributed by atoms with Crippen LogP contribution in [0.5, 0.6) is 0 Å². The lowest BCUT2D eigenvalue weighted by molar-refractivity contribution is 0.0946. The summed E-state index contributed by atoms with van der Waals surface area (Å²) >= 11 is 0. The molecule has 0 atom stereocenters. The van der Waals surface area contributed by atoms with Crippen LogP contribution in [0.3, 0.4) is 0 Å². The first-order valence-corrected chi connectivity index (χ1v) is 6.63. The van der Waals surface area contributed by atoms with Crippen molar-refractivity contribution in [2.24, 2.45) is 0 Å². The van der Waals surface area contributed by atoms with Crippen molar-refractivity contribution in [3.8, 4) is 0 Å². The van der Waals surface area contributed by atoms with Gasteiger partial charge in [0, 0.05) is 12.7 Å². The molecule has 0 radical (unpaired) electrons. The minimum absolute atomic E-state index is 0.124. The highest BCUT2D eigenvalue weighted by atomic mass is 16.1. The van der Waals surface area contributed by atoms with E-state index in [1.54, 1.807) is 18.3 Å². The third-order valence-electron chi connectivity index (χ3n) is 3.51. The molecular formula is C16H16N2O. The summed E-state index contributed by atoms with van der Waals surface area (Å²) in [7, 11) is 0. The fourth-order valence-corrected chi connectivity index (χ4v) is 2.51. The van der Waals surface area contributed by atoms with E-state index in [0.29, 0.717) is 12.2 Å².